The smallest absolute Gasteiger partial charge is 0.128 e. The molecule has 2 unspecified atom stereocenters. The van der Waals surface area contributed by atoms with Gasteiger partial charge in [-0.05, 0) is 31.7 Å². The lowest BCUT2D eigenvalue weighted by atomic mass is 10.0. The predicted molar refractivity (Wildman–Crippen MR) is 81.5 cm³/mol. The minimum atomic E-state index is -0.226. The molecule has 0 aromatic heterocycles. The van der Waals surface area contributed by atoms with Crippen LogP contribution in [0.3, 0.4) is 0 Å². The molecule has 0 radical (unpaired) electrons. The van der Waals surface area contributed by atoms with Crippen molar-refractivity contribution in [2.45, 2.75) is 25.9 Å². The molecule has 0 saturated carbocycles. The second kappa shape index (κ2) is 6.85. The Kier molecular flexibility index (Phi) is 5.38. The van der Waals surface area contributed by atoms with Crippen LogP contribution in [0.25, 0.3) is 0 Å². The Bertz CT molecular complexity index is 455. The number of piperazine rings is 1. The zero-order chi connectivity index (χ0) is 14.7. The molecule has 1 heterocycles. The van der Waals surface area contributed by atoms with Crippen LogP contribution in [-0.4, -0.2) is 48.6 Å². The number of benzene rings is 1. The Morgan fingerprint density at radius 2 is 2.20 bits per heavy atom. The third-order valence-corrected chi connectivity index (χ3v) is 4.42. The summed E-state index contributed by atoms with van der Waals surface area (Å²) in [4.78, 5) is 4.70. The van der Waals surface area contributed by atoms with Crippen molar-refractivity contribution in [1.29, 1.82) is 0 Å². The van der Waals surface area contributed by atoms with Crippen LogP contribution in [0.1, 0.15) is 25.5 Å². The number of rotatable bonds is 4. The van der Waals surface area contributed by atoms with Gasteiger partial charge in [0.25, 0.3) is 0 Å². The van der Waals surface area contributed by atoms with Crippen molar-refractivity contribution >= 4 is 11.6 Å². The van der Waals surface area contributed by atoms with Gasteiger partial charge in [-0.25, -0.2) is 4.39 Å². The van der Waals surface area contributed by atoms with Crippen LogP contribution in [0.5, 0.6) is 0 Å². The standard InChI is InChI=1S/C15H23ClFN3/c1-3-19-6-7-20(10-11(19)2)15(9-18)13-8-12(16)4-5-14(13)17/h4-5,8,11,15H,3,6-7,9-10,18H2,1-2H3. The summed E-state index contributed by atoms with van der Waals surface area (Å²) in [6.45, 7) is 8.63. The SMILES string of the molecule is CCN1CCN(C(CN)c2cc(Cl)ccc2F)CC1C. The van der Waals surface area contributed by atoms with Crippen LogP contribution in [0.4, 0.5) is 4.39 Å². The molecule has 1 aromatic rings. The van der Waals surface area contributed by atoms with Gasteiger partial charge in [0, 0.05) is 42.8 Å². The molecule has 1 saturated heterocycles. The Morgan fingerprint density at radius 1 is 1.45 bits per heavy atom. The van der Waals surface area contributed by atoms with Crippen molar-refractivity contribution in [3.8, 4) is 0 Å². The highest BCUT2D eigenvalue weighted by molar-refractivity contribution is 6.30. The third kappa shape index (κ3) is 3.31. The van der Waals surface area contributed by atoms with Gasteiger partial charge in [0.2, 0.25) is 0 Å². The maximum absolute atomic E-state index is 14.1. The number of nitrogens with two attached hydrogens (primary N) is 1. The van der Waals surface area contributed by atoms with Crippen LogP contribution in [0.2, 0.25) is 5.02 Å². The van der Waals surface area contributed by atoms with Gasteiger partial charge in [-0.3, -0.25) is 9.80 Å². The fraction of sp³-hybridized carbons (Fsp3) is 0.600. The molecule has 20 heavy (non-hydrogen) atoms. The quantitative estimate of drug-likeness (QED) is 0.927. The van der Waals surface area contributed by atoms with E-state index in [1.807, 2.05) is 0 Å². The van der Waals surface area contributed by atoms with Crippen LogP contribution >= 0.6 is 11.6 Å². The molecule has 2 rings (SSSR count). The van der Waals surface area contributed by atoms with E-state index >= 15 is 0 Å². The van der Waals surface area contributed by atoms with Crippen molar-refractivity contribution < 1.29 is 4.39 Å². The van der Waals surface area contributed by atoms with E-state index in [4.69, 9.17) is 17.3 Å². The topological polar surface area (TPSA) is 32.5 Å². The van der Waals surface area contributed by atoms with Gasteiger partial charge in [-0.1, -0.05) is 18.5 Å². The molecule has 1 aliphatic rings. The maximum Gasteiger partial charge on any atom is 0.128 e. The summed E-state index contributed by atoms with van der Waals surface area (Å²) < 4.78 is 14.1. The summed E-state index contributed by atoms with van der Waals surface area (Å²) in [5, 5.41) is 0.556. The molecule has 0 aliphatic carbocycles. The second-order valence-corrected chi connectivity index (χ2v) is 5.83. The first-order valence-corrected chi connectivity index (χ1v) is 7.57. The lowest BCUT2D eigenvalue weighted by molar-refractivity contribution is 0.0596. The Morgan fingerprint density at radius 3 is 2.80 bits per heavy atom. The maximum atomic E-state index is 14.1. The van der Waals surface area contributed by atoms with Crippen molar-refractivity contribution in [2.24, 2.45) is 5.73 Å². The summed E-state index contributed by atoms with van der Waals surface area (Å²) in [6, 6.07) is 5.06. The highest BCUT2D eigenvalue weighted by atomic mass is 35.5. The molecule has 3 nitrogen and oxygen atoms in total. The van der Waals surface area contributed by atoms with Gasteiger partial charge in [0.15, 0.2) is 0 Å². The van der Waals surface area contributed by atoms with Crippen molar-refractivity contribution in [1.82, 2.24) is 9.80 Å². The predicted octanol–water partition coefficient (Wildman–Crippen LogP) is 2.50. The van der Waals surface area contributed by atoms with E-state index in [1.165, 1.54) is 6.07 Å². The Balaban J connectivity index is 2.18. The summed E-state index contributed by atoms with van der Waals surface area (Å²) >= 11 is 6.00. The first-order chi connectivity index (χ1) is 9.56. The molecule has 1 fully saturated rings. The Labute approximate surface area is 125 Å². The van der Waals surface area contributed by atoms with Crippen molar-refractivity contribution in [3.63, 3.8) is 0 Å². The zero-order valence-corrected chi connectivity index (χ0v) is 12.9. The summed E-state index contributed by atoms with van der Waals surface area (Å²) in [5.74, 6) is -0.226. The third-order valence-electron chi connectivity index (χ3n) is 4.18. The minimum Gasteiger partial charge on any atom is -0.329 e. The molecule has 2 N–H and O–H groups in total. The van der Waals surface area contributed by atoms with Gasteiger partial charge in [-0.15, -0.1) is 0 Å². The second-order valence-electron chi connectivity index (χ2n) is 5.39. The van der Waals surface area contributed by atoms with Gasteiger partial charge in [-0.2, -0.15) is 0 Å². The zero-order valence-electron chi connectivity index (χ0n) is 12.1. The minimum absolute atomic E-state index is 0.102. The van der Waals surface area contributed by atoms with E-state index in [2.05, 4.69) is 23.6 Å². The highest BCUT2D eigenvalue weighted by Gasteiger charge is 2.29. The average molecular weight is 300 g/mol. The number of halogens is 2. The summed E-state index contributed by atoms with van der Waals surface area (Å²) in [5.41, 5.74) is 6.51. The number of nitrogens with zero attached hydrogens (tertiary/aromatic N) is 2. The average Bonchev–Trinajstić information content (AvgIpc) is 2.44. The molecule has 112 valence electrons. The van der Waals surface area contributed by atoms with Crippen molar-refractivity contribution in [3.05, 3.63) is 34.6 Å². The highest BCUT2D eigenvalue weighted by Crippen LogP contribution is 2.27. The largest absolute Gasteiger partial charge is 0.329 e. The normalized spacial score (nSPS) is 22.9. The fourth-order valence-corrected chi connectivity index (χ4v) is 3.20. The lowest BCUT2D eigenvalue weighted by Crippen LogP contribution is -2.53. The molecule has 2 atom stereocenters. The molecular weight excluding hydrogens is 277 g/mol. The molecular formula is C15H23ClFN3. The van der Waals surface area contributed by atoms with E-state index in [9.17, 15) is 4.39 Å². The number of hydrogen-bond donors (Lipinski definition) is 1. The van der Waals surface area contributed by atoms with E-state index in [-0.39, 0.29) is 11.9 Å². The fourth-order valence-electron chi connectivity index (χ4n) is 3.02. The lowest BCUT2D eigenvalue weighted by Gasteiger charge is -2.42. The molecule has 0 spiro atoms. The van der Waals surface area contributed by atoms with Gasteiger partial charge in [0.05, 0.1) is 6.04 Å². The van der Waals surface area contributed by atoms with Gasteiger partial charge in [0.1, 0.15) is 5.82 Å². The first-order valence-electron chi connectivity index (χ1n) is 7.20. The molecule has 1 aromatic carbocycles. The van der Waals surface area contributed by atoms with E-state index in [0.29, 0.717) is 23.2 Å². The molecule has 5 heteroatoms. The van der Waals surface area contributed by atoms with E-state index < -0.39 is 0 Å². The van der Waals surface area contributed by atoms with Crippen LogP contribution < -0.4 is 5.73 Å². The van der Waals surface area contributed by atoms with Crippen molar-refractivity contribution in [2.75, 3.05) is 32.7 Å². The number of likely N-dealkylation sites (N-methyl/N-ethyl adjacent to an activating group) is 1. The van der Waals surface area contributed by atoms with E-state index in [1.54, 1.807) is 12.1 Å². The van der Waals surface area contributed by atoms with Crippen LogP contribution in [0.15, 0.2) is 18.2 Å². The van der Waals surface area contributed by atoms with E-state index in [0.717, 1.165) is 26.2 Å². The Hall–Kier alpha value is -0.680. The molecule has 0 amide bonds. The monoisotopic (exact) mass is 299 g/mol. The number of hydrogen-bond acceptors (Lipinski definition) is 3. The molecule has 1 aliphatic heterocycles. The van der Waals surface area contributed by atoms with Gasteiger partial charge < -0.3 is 5.73 Å². The summed E-state index contributed by atoms with van der Waals surface area (Å²) in [6.07, 6.45) is 0. The van der Waals surface area contributed by atoms with Crippen LogP contribution in [0, 0.1) is 5.82 Å². The first kappa shape index (κ1) is 15.7. The molecule has 0 bridgehead atoms. The van der Waals surface area contributed by atoms with Crippen LogP contribution in [-0.2, 0) is 0 Å². The summed E-state index contributed by atoms with van der Waals surface area (Å²) in [7, 11) is 0. The van der Waals surface area contributed by atoms with Gasteiger partial charge >= 0.3 is 0 Å².